The van der Waals surface area contributed by atoms with E-state index in [0.717, 1.165) is 36.9 Å². The molecule has 0 radical (unpaired) electrons. The number of nitrogens with zero attached hydrogens (tertiary/aromatic N) is 1. The highest BCUT2D eigenvalue weighted by atomic mass is 35.5. The molecule has 0 aliphatic heterocycles. The molecule has 1 aromatic carbocycles. The van der Waals surface area contributed by atoms with Crippen LogP contribution in [0.2, 0.25) is 0 Å². The van der Waals surface area contributed by atoms with E-state index in [-0.39, 0.29) is 36.9 Å². The summed E-state index contributed by atoms with van der Waals surface area (Å²) in [5, 5.41) is 1.18. The lowest BCUT2D eigenvalue weighted by Crippen LogP contribution is -2.27. The zero-order valence-electron chi connectivity index (χ0n) is 13.9. The highest BCUT2D eigenvalue weighted by Gasteiger charge is 2.19. The van der Waals surface area contributed by atoms with Gasteiger partial charge >= 0.3 is 0 Å². The fourth-order valence-electron chi connectivity index (χ4n) is 2.71. The van der Waals surface area contributed by atoms with Gasteiger partial charge in [0, 0.05) is 29.1 Å². The van der Waals surface area contributed by atoms with Crippen LogP contribution in [0.5, 0.6) is 0 Å². The molecule has 0 amide bonds. The highest BCUT2D eigenvalue weighted by molar-refractivity contribution is 5.85. The third-order valence-corrected chi connectivity index (χ3v) is 4.26. The van der Waals surface area contributed by atoms with E-state index < -0.39 is 0 Å². The van der Waals surface area contributed by atoms with Gasteiger partial charge in [0.25, 0.3) is 0 Å². The summed E-state index contributed by atoms with van der Waals surface area (Å²) in [6, 6.07) is 13.0. The van der Waals surface area contributed by atoms with Crippen molar-refractivity contribution in [3.8, 4) is 0 Å². The molecule has 1 aromatic heterocycles. The van der Waals surface area contributed by atoms with Crippen molar-refractivity contribution in [2.75, 3.05) is 0 Å². The lowest BCUT2D eigenvalue weighted by molar-refractivity contribution is 0.441. The molecule has 2 rings (SSSR count). The van der Waals surface area contributed by atoms with Gasteiger partial charge in [0.15, 0.2) is 0 Å². The number of halogens is 2. The standard InChI is InChI=1S/C18H27N3.2ClH/c1-3-15(19)11-14(12-16(20)4-2)18-10-9-13-7-5-6-8-17(13)21-18;;/h5-10,14-16H,3-4,11-12,19-20H2,1-2H3;2*1H. The molecular weight excluding hydrogens is 329 g/mol. The molecule has 0 saturated heterocycles. The summed E-state index contributed by atoms with van der Waals surface area (Å²) in [7, 11) is 0. The number of hydrogen-bond acceptors (Lipinski definition) is 3. The number of benzene rings is 1. The summed E-state index contributed by atoms with van der Waals surface area (Å²) >= 11 is 0. The Bertz CT molecular complexity index is 565. The van der Waals surface area contributed by atoms with Crippen LogP contribution >= 0.6 is 24.8 Å². The van der Waals surface area contributed by atoms with E-state index >= 15 is 0 Å². The number of fused-ring (bicyclic) bond motifs is 1. The van der Waals surface area contributed by atoms with Crippen molar-refractivity contribution < 1.29 is 0 Å². The van der Waals surface area contributed by atoms with E-state index in [1.54, 1.807) is 0 Å². The Hall–Kier alpha value is -0.870. The first kappa shape index (κ1) is 22.1. The fraction of sp³-hybridized carbons (Fsp3) is 0.500. The molecule has 5 heteroatoms. The molecule has 0 saturated carbocycles. The average Bonchev–Trinajstić information content (AvgIpc) is 2.53. The quantitative estimate of drug-likeness (QED) is 0.770. The third kappa shape index (κ3) is 6.27. The van der Waals surface area contributed by atoms with Gasteiger partial charge < -0.3 is 11.5 Å². The number of rotatable bonds is 7. The summed E-state index contributed by atoms with van der Waals surface area (Å²) in [6.07, 6.45) is 3.89. The molecule has 2 aromatic rings. The second-order valence-electron chi connectivity index (χ2n) is 5.93. The molecule has 0 aliphatic carbocycles. The van der Waals surface area contributed by atoms with Crippen LogP contribution in [0.15, 0.2) is 36.4 Å². The van der Waals surface area contributed by atoms with Crippen molar-refractivity contribution in [2.45, 2.75) is 57.5 Å². The zero-order chi connectivity index (χ0) is 15.2. The monoisotopic (exact) mass is 357 g/mol. The van der Waals surface area contributed by atoms with Crippen LogP contribution < -0.4 is 11.5 Å². The van der Waals surface area contributed by atoms with Gasteiger partial charge in [0.1, 0.15) is 0 Å². The van der Waals surface area contributed by atoms with E-state index in [1.165, 1.54) is 5.39 Å². The second-order valence-corrected chi connectivity index (χ2v) is 5.93. The number of hydrogen-bond donors (Lipinski definition) is 2. The molecule has 1 heterocycles. The first-order chi connectivity index (χ1) is 10.1. The van der Waals surface area contributed by atoms with E-state index in [4.69, 9.17) is 16.5 Å². The molecule has 0 bridgehead atoms. The van der Waals surface area contributed by atoms with Gasteiger partial charge in [0.05, 0.1) is 5.52 Å². The van der Waals surface area contributed by atoms with Crippen molar-refractivity contribution in [1.82, 2.24) is 4.98 Å². The summed E-state index contributed by atoms with van der Waals surface area (Å²) in [6.45, 7) is 4.27. The zero-order valence-corrected chi connectivity index (χ0v) is 15.6. The summed E-state index contributed by atoms with van der Waals surface area (Å²) < 4.78 is 0. The highest BCUT2D eigenvalue weighted by Crippen LogP contribution is 2.27. The van der Waals surface area contributed by atoms with Gasteiger partial charge in [0.2, 0.25) is 0 Å². The van der Waals surface area contributed by atoms with Gasteiger partial charge in [-0.05, 0) is 37.8 Å². The predicted octanol–water partition coefficient (Wildman–Crippen LogP) is 4.42. The summed E-state index contributed by atoms with van der Waals surface area (Å²) in [5.74, 6) is 0.347. The van der Waals surface area contributed by atoms with Crippen LogP contribution in [0.1, 0.15) is 51.1 Å². The fourth-order valence-corrected chi connectivity index (χ4v) is 2.71. The molecule has 2 atom stereocenters. The minimum absolute atomic E-state index is 0. The Balaban J connectivity index is 0.00000242. The van der Waals surface area contributed by atoms with Gasteiger partial charge in [-0.25, -0.2) is 0 Å². The molecule has 3 nitrogen and oxygen atoms in total. The molecule has 0 aliphatic rings. The van der Waals surface area contributed by atoms with Crippen molar-refractivity contribution in [3.05, 3.63) is 42.1 Å². The maximum atomic E-state index is 6.17. The van der Waals surface area contributed by atoms with Gasteiger partial charge in [-0.3, -0.25) is 4.98 Å². The van der Waals surface area contributed by atoms with Crippen LogP contribution in [-0.4, -0.2) is 17.1 Å². The Morgan fingerprint density at radius 2 is 1.43 bits per heavy atom. The molecule has 0 spiro atoms. The maximum Gasteiger partial charge on any atom is 0.0705 e. The first-order valence-electron chi connectivity index (χ1n) is 8.00. The summed E-state index contributed by atoms with van der Waals surface area (Å²) in [4.78, 5) is 4.84. The van der Waals surface area contributed by atoms with Crippen molar-refractivity contribution in [2.24, 2.45) is 11.5 Å². The van der Waals surface area contributed by atoms with Crippen LogP contribution in [-0.2, 0) is 0 Å². The molecule has 0 fully saturated rings. The van der Waals surface area contributed by atoms with Gasteiger partial charge in [-0.15, -0.1) is 24.8 Å². The number of aromatic nitrogens is 1. The van der Waals surface area contributed by atoms with Crippen molar-refractivity contribution in [3.63, 3.8) is 0 Å². The average molecular weight is 358 g/mol. The first-order valence-corrected chi connectivity index (χ1v) is 8.00. The van der Waals surface area contributed by atoms with Crippen molar-refractivity contribution in [1.29, 1.82) is 0 Å². The number of pyridine rings is 1. The topological polar surface area (TPSA) is 64.9 Å². The van der Waals surface area contributed by atoms with Crippen LogP contribution in [0.4, 0.5) is 0 Å². The lowest BCUT2D eigenvalue weighted by atomic mass is 9.88. The van der Waals surface area contributed by atoms with Crippen LogP contribution in [0.25, 0.3) is 10.9 Å². The molecule has 23 heavy (non-hydrogen) atoms. The molecule has 4 N–H and O–H groups in total. The Morgan fingerprint density at radius 3 is 2.00 bits per heavy atom. The molecular formula is C18H29Cl2N3. The Kier molecular flexibility index (Phi) is 10.4. The largest absolute Gasteiger partial charge is 0.328 e. The van der Waals surface area contributed by atoms with Crippen LogP contribution in [0.3, 0.4) is 0 Å². The van der Waals surface area contributed by atoms with Gasteiger partial charge in [-0.2, -0.15) is 0 Å². The maximum absolute atomic E-state index is 6.17. The predicted molar refractivity (Wildman–Crippen MR) is 105 cm³/mol. The molecule has 130 valence electrons. The normalized spacial score (nSPS) is 14.4. The minimum atomic E-state index is 0. The third-order valence-electron chi connectivity index (χ3n) is 4.26. The SMILES string of the molecule is CCC(N)CC(CC(N)CC)c1ccc2ccccc2n1.Cl.Cl. The van der Waals surface area contributed by atoms with E-state index in [0.29, 0.717) is 5.92 Å². The second kappa shape index (κ2) is 10.8. The minimum Gasteiger partial charge on any atom is -0.328 e. The van der Waals surface area contributed by atoms with Gasteiger partial charge in [-0.1, -0.05) is 38.1 Å². The van der Waals surface area contributed by atoms with E-state index in [2.05, 4.69) is 38.1 Å². The number of nitrogens with two attached hydrogens (primary N) is 2. The smallest absolute Gasteiger partial charge is 0.0705 e. The van der Waals surface area contributed by atoms with E-state index in [9.17, 15) is 0 Å². The summed E-state index contributed by atoms with van der Waals surface area (Å²) in [5.41, 5.74) is 14.5. The number of para-hydroxylation sites is 1. The Labute approximate surface area is 152 Å². The van der Waals surface area contributed by atoms with Crippen molar-refractivity contribution >= 4 is 35.7 Å². The van der Waals surface area contributed by atoms with Crippen LogP contribution in [0, 0.1) is 0 Å². The molecule has 2 unspecified atom stereocenters. The Morgan fingerprint density at radius 1 is 0.870 bits per heavy atom. The lowest BCUT2D eigenvalue weighted by Gasteiger charge is -2.23. The van der Waals surface area contributed by atoms with E-state index in [1.807, 2.05) is 12.1 Å².